The highest BCUT2D eigenvalue weighted by Gasteiger charge is 2.04. The number of nitrogens with zero attached hydrogens (tertiary/aromatic N) is 1. The third-order valence-electron chi connectivity index (χ3n) is 2.51. The molecule has 4 nitrogen and oxygen atoms in total. The van der Waals surface area contributed by atoms with E-state index in [1.54, 1.807) is 13.2 Å². The lowest BCUT2D eigenvalue weighted by atomic mass is 10.2. The molecule has 0 aliphatic rings. The molecule has 1 N–H and O–H groups in total. The van der Waals surface area contributed by atoms with E-state index in [9.17, 15) is 0 Å². The van der Waals surface area contributed by atoms with Crippen molar-refractivity contribution in [3.05, 3.63) is 28.8 Å². The minimum Gasteiger partial charge on any atom is -0.493 e. The molecule has 1 aromatic carbocycles. The van der Waals surface area contributed by atoms with Crippen molar-refractivity contribution in [2.24, 2.45) is 0 Å². The highest BCUT2D eigenvalue weighted by molar-refractivity contribution is 6.30. The molecule has 0 aliphatic heterocycles. The van der Waals surface area contributed by atoms with Gasteiger partial charge < -0.3 is 14.8 Å². The molecule has 0 aromatic heterocycles. The molecule has 19 heavy (non-hydrogen) atoms. The molecular formula is C14H19ClN2O2. The first-order valence-corrected chi connectivity index (χ1v) is 6.63. The van der Waals surface area contributed by atoms with Crippen LogP contribution in [0.15, 0.2) is 18.2 Å². The van der Waals surface area contributed by atoms with Crippen molar-refractivity contribution < 1.29 is 9.47 Å². The Labute approximate surface area is 119 Å². The first kappa shape index (κ1) is 15.8. The van der Waals surface area contributed by atoms with Crippen LogP contribution in [-0.2, 0) is 11.3 Å². The van der Waals surface area contributed by atoms with Gasteiger partial charge in [-0.1, -0.05) is 11.6 Å². The summed E-state index contributed by atoms with van der Waals surface area (Å²) in [4.78, 5) is 0. The Hall–Kier alpha value is -1.28. The van der Waals surface area contributed by atoms with Crippen LogP contribution in [0, 0.1) is 11.3 Å². The topological polar surface area (TPSA) is 54.3 Å². The summed E-state index contributed by atoms with van der Waals surface area (Å²) in [5.41, 5.74) is 1.01. The largest absolute Gasteiger partial charge is 0.493 e. The summed E-state index contributed by atoms with van der Waals surface area (Å²) in [6.45, 7) is 2.66. The van der Waals surface area contributed by atoms with E-state index in [1.807, 2.05) is 12.1 Å². The third kappa shape index (κ3) is 6.44. The molecule has 5 heteroatoms. The summed E-state index contributed by atoms with van der Waals surface area (Å²) in [5, 5.41) is 12.4. The van der Waals surface area contributed by atoms with Gasteiger partial charge in [0, 0.05) is 37.2 Å². The van der Waals surface area contributed by atoms with E-state index < -0.39 is 0 Å². The maximum Gasteiger partial charge on any atom is 0.123 e. The van der Waals surface area contributed by atoms with Crippen LogP contribution in [0.1, 0.15) is 18.4 Å². The predicted molar refractivity (Wildman–Crippen MR) is 75.4 cm³/mol. The summed E-state index contributed by atoms with van der Waals surface area (Å²) in [5.74, 6) is 0.812. The number of rotatable bonds is 9. The van der Waals surface area contributed by atoms with Crippen molar-refractivity contribution in [2.45, 2.75) is 19.4 Å². The second-order valence-electron chi connectivity index (χ2n) is 4.03. The number of ether oxygens (including phenoxy) is 2. The Balaban J connectivity index is 2.51. The van der Waals surface area contributed by atoms with E-state index in [2.05, 4.69) is 11.4 Å². The molecule has 104 valence electrons. The Kier molecular flexibility index (Phi) is 7.99. The van der Waals surface area contributed by atoms with Crippen LogP contribution >= 0.6 is 11.6 Å². The highest BCUT2D eigenvalue weighted by atomic mass is 35.5. The predicted octanol–water partition coefficient (Wildman–Crippen LogP) is 2.76. The van der Waals surface area contributed by atoms with E-state index in [4.69, 9.17) is 26.3 Å². The average molecular weight is 283 g/mol. The summed E-state index contributed by atoms with van der Waals surface area (Å²) in [6.07, 6.45) is 1.24. The smallest absolute Gasteiger partial charge is 0.123 e. The van der Waals surface area contributed by atoms with Gasteiger partial charge in [0.25, 0.3) is 0 Å². The van der Waals surface area contributed by atoms with E-state index in [1.165, 1.54) is 0 Å². The number of methoxy groups -OCH3 is 1. The van der Waals surface area contributed by atoms with Gasteiger partial charge in [0.2, 0.25) is 0 Å². The van der Waals surface area contributed by atoms with Gasteiger partial charge in [-0.3, -0.25) is 0 Å². The lowest BCUT2D eigenvalue weighted by Gasteiger charge is -2.12. The Morgan fingerprint density at radius 1 is 1.37 bits per heavy atom. The molecule has 0 spiro atoms. The fourth-order valence-electron chi connectivity index (χ4n) is 1.56. The van der Waals surface area contributed by atoms with Gasteiger partial charge in [0.05, 0.1) is 19.3 Å². The molecule has 0 radical (unpaired) electrons. The Bertz CT molecular complexity index is 418. The van der Waals surface area contributed by atoms with E-state index in [-0.39, 0.29) is 0 Å². The normalized spacial score (nSPS) is 10.2. The summed E-state index contributed by atoms with van der Waals surface area (Å²) in [7, 11) is 1.67. The molecular weight excluding hydrogens is 264 g/mol. The number of unbranched alkanes of at least 4 members (excludes halogenated alkanes) is 1. The van der Waals surface area contributed by atoms with Crippen LogP contribution in [0.2, 0.25) is 5.02 Å². The molecule has 1 aromatic rings. The molecule has 0 bridgehead atoms. The van der Waals surface area contributed by atoms with Crippen molar-refractivity contribution in [1.82, 2.24) is 5.32 Å². The number of nitrogens with one attached hydrogen (secondary N) is 1. The highest BCUT2D eigenvalue weighted by Crippen LogP contribution is 2.23. The number of hydrogen-bond acceptors (Lipinski definition) is 4. The summed E-state index contributed by atoms with van der Waals surface area (Å²) < 4.78 is 10.6. The van der Waals surface area contributed by atoms with Gasteiger partial charge in [-0.25, -0.2) is 0 Å². The molecule has 0 fully saturated rings. The molecule has 0 unspecified atom stereocenters. The second-order valence-corrected chi connectivity index (χ2v) is 4.47. The van der Waals surface area contributed by atoms with Crippen molar-refractivity contribution in [3.8, 4) is 11.8 Å². The zero-order valence-corrected chi connectivity index (χ0v) is 11.9. The number of hydrogen-bond donors (Lipinski definition) is 1. The first-order chi connectivity index (χ1) is 9.27. The van der Waals surface area contributed by atoms with Crippen LogP contribution in [0.4, 0.5) is 0 Å². The SMILES string of the molecule is COCCNCc1cc(Cl)ccc1OCCCC#N. The van der Waals surface area contributed by atoms with Crippen molar-refractivity contribution >= 4 is 11.6 Å². The van der Waals surface area contributed by atoms with E-state index in [0.717, 1.165) is 24.3 Å². The minimum absolute atomic E-state index is 0.509. The average Bonchev–Trinajstić information content (AvgIpc) is 2.41. The monoisotopic (exact) mass is 282 g/mol. The van der Waals surface area contributed by atoms with Gasteiger partial charge in [-0.15, -0.1) is 0 Å². The minimum atomic E-state index is 0.509. The van der Waals surface area contributed by atoms with Gasteiger partial charge in [-0.05, 0) is 24.6 Å². The summed E-state index contributed by atoms with van der Waals surface area (Å²) in [6, 6.07) is 7.66. The third-order valence-corrected chi connectivity index (χ3v) is 2.75. The fourth-order valence-corrected chi connectivity index (χ4v) is 1.75. The molecule has 0 amide bonds. The van der Waals surface area contributed by atoms with Crippen molar-refractivity contribution in [2.75, 3.05) is 26.9 Å². The quantitative estimate of drug-likeness (QED) is 0.708. The molecule has 0 aliphatic carbocycles. The van der Waals surface area contributed by atoms with E-state index in [0.29, 0.717) is 31.2 Å². The van der Waals surface area contributed by atoms with Crippen LogP contribution in [0.3, 0.4) is 0 Å². The second kappa shape index (κ2) is 9.62. The van der Waals surface area contributed by atoms with Crippen molar-refractivity contribution in [3.63, 3.8) is 0 Å². The molecule has 0 saturated heterocycles. The molecule has 0 heterocycles. The maximum absolute atomic E-state index is 8.48. The zero-order chi connectivity index (χ0) is 13.9. The number of nitriles is 1. The first-order valence-electron chi connectivity index (χ1n) is 6.25. The number of halogens is 1. The molecule has 1 rings (SSSR count). The fraction of sp³-hybridized carbons (Fsp3) is 0.500. The van der Waals surface area contributed by atoms with Gasteiger partial charge in [0.1, 0.15) is 5.75 Å². The van der Waals surface area contributed by atoms with Crippen LogP contribution in [-0.4, -0.2) is 26.9 Å². The molecule has 0 atom stereocenters. The van der Waals surface area contributed by atoms with Gasteiger partial charge >= 0.3 is 0 Å². The van der Waals surface area contributed by atoms with E-state index >= 15 is 0 Å². The van der Waals surface area contributed by atoms with Crippen molar-refractivity contribution in [1.29, 1.82) is 5.26 Å². The lowest BCUT2D eigenvalue weighted by molar-refractivity contribution is 0.199. The molecule has 0 saturated carbocycles. The van der Waals surface area contributed by atoms with Crippen LogP contribution in [0.5, 0.6) is 5.75 Å². The lowest BCUT2D eigenvalue weighted by Crippen LogP contribution is -2.19. The summed E-state index contributed by atoms with van der Waals surface area (Å²) >= 11 is 5.99. The maximum atomic E-state index is 8.48. The Morgan fingerprint density at radius 3 is 2.95 bits per heavy atom. The van der Waals surface area contributed by atoms with Gasteiger partial charge in [-0.2, -0.15) is 5.26 Å². The Morgan fingerprint density at radius 2 is 2.21 bits per heavy atom. The van der Waals surface area contributed by atoms with Gasteiger partial charge in [0.15, 0.2) is 0 Å². The van der Waals surface area contributed by atoms with Crippen LogP contribution in [0.25, 0.3) is 0 Å². The number of benzene rings is 1. The zero-order valence-electron chi connectivity index (χ0n) is 11.1. The van der Waals surface area contributed by atoms with Crippen LogP contribution < -0.4 is 10.1 Å². The standard InChI is InChI=1S/C14H19ClN2O2/c1-18-9-7-17-11-12-10-13(15)4-5-14(12)19-8-3-2-6-16/h4-5,10,17H,2-3,7-9,11H2,1H3.